The van der Waals surface area contributed by atoms with Gasteiger partial charge in [0.05, 0.1) is 34.1 Å². The van der Waals surface area contributed by atoms with E-state index in [-0.39, 0.29) is 23.3 Å². The molecule has 1 amide bonds. The molecule has 24 heavy (non-hydrogen) atoms. The van der Waals surface area contributed by atoms with Crippen LogP contribution in [0.25, 0.3) is 0 Å². The van der Waals surface area contributed by atoms with Gasteiger partial charge in [0.25, 0.3) is 5.91 Å². The van der Waals surface area contributed by atoms with Gasteiger partial charge in [-0.3, -0.25) is 9.59 Å². The van der Waals surface area contributed by atoms with Crippen molar-refractivity contribution in [1.29, 1.82) is 0 Å². The molecule has 6 nitrogen and oxygen atoms in total. The summed E-state index contributed by atoms with van der Waals surface area (Å²) in [4.78, 5) is 23.8. The van der Waals surface area contributed by atoms with Gasteiger partial charge in [-0.2, -0.15) is 5.10 Å². The maximum atomic E-state index is 13.0. The molecule has 2 aromatic rings. The van der Waals surface area contributed by atoms with Crippen LogP contribution in [-0.2, 0) is 16.3 Å². The number of ether oxygens (including phenoxy) is 1. The van der Waals surface area contributed by atoms with Gasteiger partial charge in [-0.15, -0.1) is 0 Å². The Bertz CT molecular complexity index is 768. The highest BCUT2D eigenvalue weighted by Gasteiger charge is 2.23. The summed E-state index contributed by atoms with van der Waals surface area (Å²) >= 11 is 5.84. The third kappa shape index (κ3) is 4.55. The van der Waals surface area contributed by atoms with Crippen LogP contribution in [0.3, 0.4) is 0 Å². The van der Waals surface area contributed by atoms with Crippen molar-refractivity contribution >= 4 is 29.2 Å². The average Bonchev–Trinajstić information content (AvgIpc) is 2.91. The van der Waals surface area contributed by atoms with Gasteiger partial charge >= 0.3 is 5.97 Å². The highest BCUT2D eigenvalue weighted by molar-refractivity contribution is 6.34. The highest BCUT2D eigenvalue weighted by Crippen LogP contribution is 2.19. The van der Waals surface area contributed by atoms with Crippen LogP contribution < -0.4 is 5.32 Å². The summed E-state index contributed by atoms with van der Waals surface area (Å²) in [6.07, 6.45) is 2.91. The predicted octanol–water partition coefficient (Wildman–Crippen LogP) is 3.47. The standard InChI is InChI=1S/C16H17ClFN3O3/c1-16(2,3)15(23)24-9-21-8-11(7-19-21)20-14(22)12-5-4-10(18)6-13(12)17/h4-8H,9H2,1-3H3,(H,20,22). The van der Waals surface area contributed by atoms with Gasteiger partial charge in [-0.05, 0) is 39.0 Å². The quantitative estimate of drug-likeness (QED) is 0.854. The number of nitrogens with zero attached hydrogens (tertiary/aromatic N) is 2. The number of carbonyl (C=O) groups is 2. The maximum Gasteiger partial charge on any atom is 0.313 e. The molecular weight excluding hydrogens is 337 g/mol. The molecule has 0 atom stereocenters. The van der Waals surface area contributed by atoms with Crippen molar-refractivity contribution in [2.45, 2.75) is 27.5 Å². The Kier molecular flexibility index (Phi) is 5.23. The Morgan fingerprint density at radius 2 is 2.08 bits per heavy atom. The molecule has 0 unspecified atom stereocenters. The fourth-order valence-corrected chi connectivity index (χ4v) is 1.97. The molecule has 2 rings (SSSR count). The molecule has 1 N–H and O–H groups in total. The number of esters is 1. The minimum absolute atomic E-state index is 0.0130. The van der Waals surface area contributed by atoms with Crippen molar-refractivity contribution in [2.75, 3.05) is 5.32 Å². The Balaban J connectivity index is 1.98. The lowest BCUT2D eigenvalue weighted by atomic mass is 9.98. The number of nitrogens with one attached hydrogen (secondary N) is 1. The first-order valence-electron chi connectivity index (χ1n) is 7.13. The SMILES string of the molecule is CC(C)(C)C(=O)OCn1cc(NC(=O)c2ccc(F)cc2Cl)cn1. The topological polar surface area (TPSA) is 73.2 Å². The van der Waals surface area contributed by atoms with E-state index in [2.05, 4.69) is 10.4 Å². The normalized spacial score (nSPS) is 11.2. The summed E-state index contributed by atoms with van der Waals surface area (Å²) in [7, 11) is 0. The Labute approximate surface area is 143 Å². The van der Waals surface area contributed by atoms with E-state index < -0.39 is 17.1 Å². The molecule has 0 aliphatic carbocycles. The van der Waals surface area contributed by atoms with Crippen LogP contribution in [0.2, 0.25) is 5.02 Å². The molecular formula is C16H17ClFN3O3. The molecule has 8 heteroatoms. The third-order valence-corrected chi connectivity index (χ3v) is 3.32. The lowest BCUT2D eigenvalue weighted by molar-refractivity contribution is -0.157. The van der Waals surface area contributed by atoms with Gasteiger partial charge in [0, 0.05) is 0 Å². The van der Waals surface area contributed by atoms with Crippen LogP contribution in [-0.4, -0.2) is 21.7 Å². The number of amides is 1. The third-order valence-electron chi connectivity index (χ3n) is 3.01. The molecule has 0 aliphatic heterocycles. The van der Waals surface area contributed by atoms with Crippen molar-refractivity contribution in [3.63, 3.8) is 0 Å². The minimum atomic E-state index is -0.608. The number of carbonyl (C=O) groups excluding carboxylic acids is 2. The molecule has 1 heterocycles. The molecule has 1 aromatic carbocycles. The summed E-state index contributed by atoms with van der Waals surface area (Å²) in [5, 5.41) is 6.59. The number of halogens is 2. The van der Waals surface area contributed by atoms with E-state index >= 15 is 0 Å². The van der Waals surface area contributed by atoms with Crippen LogP contribution in [0.1, 0.15) is 31.1 Å². The first kappa shape index (κ1) is 17.9. The van der Waals surface area contributed by atoms with Gasteiger partial charge in [0.1, 0.15) is 5.82 Å². The highest BCUT2D eigenvalue weighted by atomic mass is 35.5. The second-order valence-electron chi connectivity index (χ2n) is 6.16. The molecule has 128 valence electrons. The fourth-order valence-electron chi connectivity index (χ4n) is 1.71. The summed E-state index contributed by atoms with van der Waals surface area (Å²) in [6.45, 7) is 5.17. The first-order valence-corrected chi connectivity index (χ1v) is 7.50. The van der Waals surface area contributed by atoms with Crippen molar-refractivity contribution in [3.8, 4) is 0 Å². The van der Waals surface area contributed by atoms with E-state index in [0.717, 1.165) is 12.1 Å². The van der Waals surface area contributed by atoms with Crippen LogP contribution in [0.4, 0.5) is 10.1 Å². The molecule has 0 bridgehead atoms. The number of hydrogen-bond acceptors (Lipinski definition) is 4. The molecule has 0 saturated carbocycles. The van der Waals surface area contributed by atoms with Crippen LogP contribution >= 0.6 is 11.6 Å². The maximum absolute atomic E-state index is 13.0. The minimum Gasteiger partial charge on any atom is -0.442 e. The zero-order valence-corrected chi connectivity index (χ0v) is 14.2. The molecule has 0 saturated heterocycles. The molecule has 0 spiro atoms. The van der Waals surface area contributed by atoms with Gasteiger partial charge in [-0.25, -0.2) is 9.07 Å². The summed E-state index contributed by atoms with van der Waals surface area (Å²) in [5.41, 5.74) is -0.0686. The Hall–Kier alpha value is -2.41. The van der Waals surface area contributed by atoms with Crippen LogP contribution in [0.5, 0.6) is 0 Å². The van der Waals surface area contributed by atoms with E-state index in [1.54, 1.807) is 20.8 Å². The summed E-state index contributed by atoms with van der Waals surface area (Å²) in [6, 6.07) is 3.50. The lowest BCUT2D eigenvalue weighted by Gasteiger charge is -2.16. The number of rotatable bonds is 4. The van der Waals surface area contributed by atoms with Crippen molar-refractivity contribution in [2.24, 2.45) is 5.41 Å². The number of aromatic nitrogens is 2. The largest absolute Gasteiger partial charge is 0.442 e. The van der Waals surface area contributed by atoms with E-state index in [4.69, 9.17) is 16.3 Å². The van der Waals surface area contributed by atoms with Gasteiger partial charge in [0.15, 0.2) is 6.73 Å². The summed E-state index contributed by atoms with van der Waals surface area (Å²) < 4.78 is 19.5. The second kappa shape index (κ2) is 7.00. The number of benzene rings is 1. The lowest BCUT2D eigenvalue weighted by Crippen LogP contribution is -2.24. The first-order chi connectivity index (χ1) is 11.2. The molecule has 0 aliphatic rings. The van der Waals surface area contributed by atoms with Gasteiger partial charge in [0.2, 0.25) is 0 Å². The van der Waals surface area contributed by atoms with E-state index in [1.807, 2.05) is 0 Å². The number of anilines is 1. The van der Waals surface area contributed by atoms with E-state index in [0.29, 0.717) is 5.69 Å². The molecule has 0 radical (unpaired) electrons. The smallest absolute Gasteiger partial charge is 0.313 e. The van der Waals surface area contributed by atoms with Crippen LogP contribution in [0, 0.1) is 11.2 Å². The van der Waals surface area contributed by atoms with Crippen LogP contribution in [0.15, 0.2) is 30.6 Å². The van der Waals surface area contributed by atoms with Gasteiger partial charge in [-0.1, -0.05) is 11.6 Å². The molecule has 1 aromatic heterocycles. The Morgan fingerprint density at radius 1 is 1.38 bits per heavy atom. The Morgan fingerprint density at radius 3 is 2.71 bits per heavy atom. The van der Waals surface area contributed by atoms with Gasteiger partial charge < -0.3 is 10.1 Å². The summed E-state index contributed by atoms with van der Waals surface area (Å²) in [5.74, 6) is -1.38. The van der Waals surface area contributed by atoms with Crippen molar-refractivity contribution < 1.29 is 18.7 Å². The van der Waals surface area contributed by atoms with Crippen molar-refractivity contribution in [1.82, 2.24) is 9.78 Å². The van der Waals surface area contributed by atoms with Crippen molar-refractivity contribution in [3.05, 3.63) is 47.0 Å². The zero-order valence-electron chi connectivity index (χ0n) is 13.5. The second-order valence-corrected chi connectivity index (χ2v) is 6.56. The zero-order chi connectivity index (χ0) is 17.9. The average molecular weight is 354 g/mol. The molecule has 0 fully saturated rings. The fraction of sp³-hybridized carbons (Fsp3) is 0.312. The number of hydrogen-bond donors (Lipinski definition) is 1. The predicted molar refractivity (Wildman–Crippen MR) is 87.1 cm³/mol. The van der Waals surface area contributed by atoms with E-state index in [9.17, 15) is 14.0 Å². The monoisotopic (exact) mass is 353 g/mol. The van der Waals surface area contributed by atoms with E-state index in [1.165, 1.54) is 23.1 Å².